The fraction of sp³-hybridized carbons (Fsp3) is 0.278. The predicted octanol–water partition coefficient (Wildman–Crippen LogP) is 3.31. The molecular weight excluding hydrogens is 348 g/mol. The Morgan fingerprint density at radius 1 is 1.08 bits per heavy atom. The highest BCUT2D eigenvalue weighted by Gasteiger charge is 2.18. The van der Waals surface area contributed by atoms with Gasteiger partial charge in [-0.3, -0.25) is 4.79 Å². The second kappa shape index (κ2) is 7.74. The van der Waals surface area contributed by atoms with E-state index in [9.17, 15) is 22.0 Å². The Hall–Kier alpha value is -2.28. The smallest absolute Gasteiger partial charge is 0.221 e. The second-order valence-electron chi connectivity index (χ2n) is 5.84. The summed E-state index contributed by atoms with van der Waals surface area (Å²) < 4.78 is 50.6. The van der Waals surface area contributed by atoms with Crippen molar-refractivity contribution < 1.29 is 22.0 Å². The second-order valence-corrected chi connectivity index (χ2v) is 7.95. The van der Waals surface area contributed by atoms with Crippen molar-refractivity contribution in [1.29, 1.82) is 0 Å². The van der Waals surface area contributed by atoms with Crippen molar-refractivity contribution in [1.82, 2.24) is 5.32 Å². The minimum atomic E-state index is -3.56. The van der Waals surface area contributed by atoms with Crippen molar-refractivity contribution in [2.24, 2.45) is 0 Å². The third kappa shape index (κ3) is 5.09. The standard InChI is InChI=1S/C18H19F2NO3S/c1-12-3-6-15(7-4-12)25(23,24)10-9-18(22)21-13(2)14-5-8-16(19)17(20)11-14/h3-8,11,13H,9-10H2,1-2H3,(H,21,22)/t13-/m0/s1. The van der Waals surface area contributed by atoms with Gasteiger partial charge in [0.15, 0.2) is 21.5 Å². The maximum absolute atomic E-state index is 13.2. The zero-order chi connectivity index (χ0) is 18.6. The first-order valence-electron chi connectivity index (χ1n) is 7.73. The number of hydrogen-bond donors (Lipinski definition) is 1. The van der Waals surface area contributed by atoms with E-state index in [1.165, 1.54) is 18.2 Å². The van der Waals surface area contributed by atoms with Crippen molar-refractivity contribution in [3.05, 3.63) is 65.2 Å². The van der Waals surface area contributed by atoms with Gasteiger partial charge in [0, 0.05) is 6.42 Å². The Kier molecular flexibility index (Phi) is 5.89. The summed E-state index contributed by atoms with van der Waals surface area (Å²) in [6.45, 7) is 3.46. The predicted molar refractivity (Wildman–Crippen MR) is 90.8 cm³/mol. The van der Waals surface area contributed by atoms with Gasteiger partial charge in [0.2, 0.25) is 5.91 Å². The van der Waals surface area contributed by atoms with Crippen LogP contribution in [0.5, 0.6) is 0 Å². The van der Waals surface area contributed by atoms with E-state index in [0.717, 1.165) is 17.7 Å². The number of nitrogens with one attached hydrogen (secondary N) is 1. The van der Waals surface area contributed by atoms with E-state index < -0.39 is 33.4 Å². The third-order valence-electron chi connectivity index (χ3n) is 3.80. The number of carbonyl (C=O) groups is 1. The van der Waals surface area contributed by atoms with Crippen LogP contribution >= 0.6 is 0 Å². The average Bonchev–Trinajstić information content (AvgIpc) is 2.56. The molecule has 2 rings (SSSR count). The fourth-order valence-corrected chi connectivity index (χ4v) is 3.51. The zero-order valence-corrected chi connectivity index (χ0v) is 14.7. The summed E-state index contributed by atoms with van der Waals surface area (Å²) in [5.41, 5.74) is 1.34. The molecule has 0 saturated carbocycles. The van der Waals surface area contributed by atoms with Gasteiger partial charge in [0.25, 0.3) is 0 Å². The normalized spacial score (nSPS) is 12.6. The lowest BCUT2D eigenvalue weighted by Gasteiger charge is -2.14. The Labute approximate surface area is 145 Å². The number of rotatable bonds is 6. The third-order valence-corrected chi connectivity index (χ3v) is 5.53. The monoisotopic (exact) mass is 367 g/mol. The van der Waals surface area contributed by atoms with Crippen molar-refractivity contribution in [2.75, 3.05) is 5.75 Å². The Bertz CT molecular complexity index is 864. The topological polar surface area (TPSA) is 63.2 Å². The Morgan fingerprint density at radius 2 is 1.72 bits per heavy atom. The van der Waals surface area contributed by atoms with E-state index >= 15 is 0 Å². The largest absolute Gasteiger partial charge is 0.350 e. The lowest BCUT2D eigenvalue weighted by Crippen LogP contribution is -2.28. The van der Waals surface area contributed by atoms with Gasteiger partial charge in [-0.15, -0.1) is 0 Å². The Balaban J connectivity index is 1.95. The SMILES string of the molecule is Cc1ccc(S(=O)(=O)CCC(=O)N[C@@H](C)c2ccc(F)c(F)c2)cc1. The van der Waals surface area contributed by atoms with Crippen molar-refractivity contribution in [3.8, 4) is 0 Å². The minimum absolute atomic E-state index is 0.166. The van der Waals surface area contributed by atoms with Gasteiger partial charge in [-0.05, 0) is 43.7 Å². The molecule has 1 atom stereocenters. The Morgan fingerprint density at radius 3 is 2.32 bits per heavy atom. The molecule has 0 unspecified atom stereocenters. The fourth-order valence-electron chi connectivity index (χ4n) is 2.27. The molecule has 2 aromatic carbocycles. The summed E-state index contributed by atoms with van der Waals surface area (Å²) in [5.74, 6) is -2.77. The molecular formula is C18H19F2NO3S. The van der Waals surface area contributed by atoms with E-state index in [2.05, 4.69) is 5.32 Å². The van der Waals surface area contributed by atoms with E-state index in [1.807, 2.05) is 6.92 Å². The van der Waals surface area contributed by atoms with Gasteiger partial charge in [-0.2, -0.15) is 0 Å². The van der Waals surface area contributed by atoms with E-state index in [-0.39, 0.29) is 17.1 Å². The number of aryl methyl sites for hydroxylation is 1. The summed E-state index contributed by atoms with van der Waals surface area (Å²) in [6, 6.07) is 9.18. The van der Waals surface area contributed by atoms with E-state index in [1.54, 1.807) is 19.1 Å². The molecule has 0 heterocycles. The molecule has 0 saturated heterocycles. The molecule has 1 amide bonds. The summed E-state index contributed by atoms with van der Waals surface area (Å²) in [7, 11) is -3.56. The lowest BCUT2D eigenvalue weighted by molar-refractivity contribution is -0.121. The van der Waals surface area contributed by atoms with Crippen LogP contribution in [0.25, 0.3) is 0 Å². The highest BCUT2D eigenvalue weighted by Crippen LogP contribution is 2.17. The van der Waals surface area contributed by atoms with Crippen LogP contribution in [0.2, 0.25) is 0 Å². The molecule has 134 valence electrons. The minimum Gasteiger partial charge on any atom is -0.350 e. The number of sulfone groups is 1. The first-order chi connectivity index (χ1) is 11.7. The van der Waals surface area contributed by atoms with Crippen molar-refractivity contribution in [2.45, 2.75) is 31.2 Å². The summed E-state index contributed by atoms with van der Waals surface area (Å²) >= 11 is 0. The lowest BCUT2D eigenvalue weighted by atomic mass is 10.1. The molecule has 0 bridgehead atoms. The van der Waals surface area contributed by atoms with Crippen LogP contribution in [-0.2, 0) is 14.6 Å². The number of amides is 1. The van der Waals surface area contributed by atoms with Crippen LogP contribution in [0.4, 0.5) is 8.78 Å². The highest BCUT2D eigenvalue weighted by atomic mass is 32.2. The number of halogens is 2. The maximum atomic E-state index is 13.2. The summed E-state index contributed by atoms with van der Waals surface area (Å²) in [5, 5.41) is 2.58. The quantitative estimate of drug-likeness (QED) is 0.852. The molecule has 0 spiro atoms. The van der Waals surface area contributed by atoms with Gasteiger partial charge in [0.05, 0.1) is 16.7 Å². The van der Waals surface area contributed by atoms with Crippen molar-refractivity contribution >= 4 is 15.7 Å². The van der Waals surface area contributed by atoms with Gasteiger partial charge in [-0.1, -0.05) is 23.8 Å². The van der Waals surface area contributed by atoms with Crippen LogP contribution < -0.4 is 5.32 Å². The molecule has 0 radical (unpaired) electrons. The number of hydrogen-bond acceptors (Lipinski definition) is 3. The molecule has 1 N–H and O–H groups in total. The molecule has 0 aliphatic carbocycles. The molecule has 0 aliphatic rings. The number of benzene rings is 2. The molecule has 4 nitrogen and oxygen atoms in total. The van der Waals surface area contributed by atoms with Gasteiger partial charge in [0.1, 0.15) is 0 Å². The molecule has 0 fully saturated rings. The first-order valence-corrected chi connectivity index (χ1v) is 9.38. The summed E-state index contributed by atoms with van der Waals surface area (Å²) in [6.07, 6.45) is -0.218. The highest BCUT2D eigenvalue weighted by molar-refractivity contribution is 7.91. The van der Waals surface area contributed by atoms with E-state index in [0.29, 0.717) is 5.56 Å². The van der Waals surface area contributed by atoms with Crippen LogP contribution in [-0.4, -0.2) is 20.1 Å². The van der Waals surface area contributed by atoms with Gasteiger partial charge < -0.3 is 5.32 Å². The molecule has 7 heteroatoms. The van der Waals surface area contributed by atoms with Crippen LogP contribution in [0.3, 0.4) is 0 Å². The van der Waals surface area contributed by atoms with Gasteiger partial charge >= 0.3 is 0 Å². The summed E-state index contributed by atoms with van der Waals surface area (Å²) in [4.78, 5) is 12.1. The van der Waals surface area contributed by atoms with Crippen molar-refractivity contribution in [3.63, 3.8) is 0 Å². The molecule has 25 heavy (non-hydrogen) atoms. The molecule has 2 aromatic rings. The first kappa shape index (κ1) is 19.1. The number of carbonyl (C=O) groups excluding carboxylic acids is 1. The van der Waals surface area contributed by atoms with Crippen LogP contribution in [0.15, 0.2) is 47.4 Å². The molecule has 0 aromatic heterocycles. The van der Waals surface area contributed by atoms with Crippen LogP contribution in [0.1, 0.15) is 30.5 Å². The molecule has 0 aliphatic heterocycles. The van der Waals surface area contributed by atoms with Crippen LogP contribution in [0, 0.1) is 18.6 Å². The maximum Gasteiger partial charge on any atom is 0.221 e. The van der Waals surface area contributed by atoms with Gasteiger partial charge in [-0.25, -0.2) is 17.2 Å². The van der Waals surface area contributed by atoms with E-state index in [4.69, 9.17) is 0 Å². The zero-order valence-electron chi connectivity index (χ0n) is 13.9. The average molecular weight is 367 g/mol.